The number of amides is 2. The van der Waals surface area contributed by atoms with Crippen LogP contribution in [-0.4, -0.2) is 27.4 Å². The third kappa shape index (κ3) is 3.94. The molecular formula is C21H21N5O2. The van der Waals surface area contributed by atoms with Crippen LogP contribution in [0.3, 0.4) is 0 Å². The number of carbonyl (C=O) groups excluding carboxylic acids is 2. The lowest BCUT2D eigenvalue weighted by Gasteiger charge is -2.19. The van der Waals surface area contributed by atoms with Gasteiger partial charge in [-0.3, -0.25) is 9.59 Å². The lowest BCUT2D eigenvalue weighted by atomic mass is 10.1. The van der Waals surface area contributed by atoms with Crippen LogP contribution in [0, 0.1) is 0 Å². The Labute approximate surface area is 162 Å². The van der Waals surface area contributed by atoms with E-state index < -0.39 is 0 Å². The molecule has 28 heavy (non-hydrogen) atoms. The number of aromatic nitrogens is 2. The van der Waals surface area contributed by atoms with Crippen LogP contribution in [0.4, 0.5) is 11.4 Å². The number of rotatable bonds is 4. The van der Waals surface area contributed by atoms with Gasteiger partial charge >= 0.3 is 0 Å². The van der Waals surface area contributed by atoms with Crippen molar-refractivity contribution >= 4 is 23.2 Å². The molecule has 0 saturated heterocycles. The highest BCUT2D eigenvalue weighted by Crippen LogP contribution is 2.16. The third-order valence-electron chi connectivity index (χ3n) is 4.70. The van der Waals surface area contributed by atoms with E-state index in [1.165, 1.54) is 0 Å². The molecule has 1 aromatic heterocycles. The molecule has 7 nitrogen and oxygen atoms in total. The molecule has 1 atom stereocenters. The monoisotopic (exact) mass is 375 g/mol. The topological polar surface area (TPSA) is 102 Å². The Morgan fingerprint density at radius 2 is 1.64 bits per heavy atom. The Morgan fingerprint density at radius 1 is 0.964 bits per heavy atom. The Hall–Kier alpha value is -3.45. The average Bonchev–Trinajstić information content (AvgIpc) is 3.12. The SMILES string of the molecule is NC1CCc2nc(C(=O)Nc3ccc(C(=O)Nc4ccccc4)cc3)cn2C1. The van der Waals surface area contributed by atoms with Gasteiger partial charge in [-0.2, -0.15) is 0 Å². The molecule has 4 rings (SSSR count). The number of fused-ring (bicyclic) bond motifs is 1. The molecule has 0 bridgehead atoms. The minimum atomic E-state index is -0.281. The van der Waals surface area contributed by atoms with Crippen LogP contribution in [0.25, 0.3) is 0 Å². The van der Waals surface area contributed by atoms with Gasteiger partial charge in [0.25, 0.3) is 11.8 Å². The summed E-state index contributed by atoms with van der Waals surface area (Å²) in [6.07, 6.45) is 3.40. The summed E-state index contributed by atoms with van der Waals surface area (Å²) in [5, 5.41) is 5.64. The van der Waals surface area contributed by atoms with Gasteiger partial charge < -0.3 is 20.9 Å². The van der Waals surface area contributed by atoms with Crippen LogP contribution in [0.1, 0.15) is 33.1 Å². The van der Waals surface area contributed by atoms with Crippen molar-refractivity contribution < 1.29 is 9.59 Å². The number of nitrogens with zero attached hydrogens (tertiary/aromatic N) is 2. The highest BCUT2D eigenvalue weighted by atomic mass is 16.2. The second-order valence-corrected chi connectivity index (χ2v) is 6.85. The minimum Gasteiger partial charge on any atom is -0.333 e. The molecule has 0 aliphatic carbocycles. The Balaban J connectivity index is 1.40. The smallest absolute Gasteiger partial charge is 0.275 e. The maximum absolute atomic E-state index is 12.5. The quantitative estimate of drug-likeness (QED) is 0.652. The summed E-state index contributed by atoms with van der Waals surface area (Å²) < 4.78 is 1.94. The lowest BCUT2D eigenvalue weighted by Crippen LogP contribution is -2.31. The van der Waals surface area contributed by atoms with E-state index in [1.807, 2.05) is 34.9 Å². The minimum absolute atomic E-state index is 0.104. The predicted octanol–water partition coefficient (Wildman–Crippen LogP) is 2.66. The molecule has 2 aromatic carbocycles. The van der Waals surface area contributed by atoms with Crippen molar-refractivity contribution in [2.24, 2.45) is 5.73 Å². The predicted molar refractivity (Wildman–Crippen MR) is 107 cm³/mol. The van der Waals surface area contributed by atoms with Crippen LogP contribution < -0.4 is 16.4 Å². The summed E-state index contributed by atoms with van der Waals surface area (Å²) in [7, 11) is 0. The fourth-order valence-corrected chi connectivity index (χ4v) is 3.20. The molecule has 0 spiro atoms. The highest BCUT2D eigenvalue weighted by molar-refractivity contribution is 6.05. The van der Waals surface area contributed by atoms with Crippen molar-refractivity contribution in [3.8, 4) is 0 Å². The first-order valence-electron chi connectivity index (χ1n) is 9.18. The third-order valence-corrected chi connectivity index (χ3v) is 4.70. The molecule has 7 heteroatoms. The number of nitrogens with one attached hydrogen (secondary N) is 2. The molecule has 0 saturated carbocycles. The van der Waals surface area contributed by atoms with E-state index >= 15 is 0 Å². The number of para-hydroxylation sites is 1. The molecule has 0 fully saturated rings. The summed E-state index contributed by atoms with van der Waals surface area (Å²) in [6.45, 7) is 0.681. The van der Waals surface area contributed by atoms with Gasteiger partial charge in [-0.05, 0) is 42.8 Å². The van der Waals surface area contributed by atoms with Crippen molar-refractivity contribution in [1.29, 1.82) is 0 Å². The maximum atomic E-state index is 12.5. The zero-order valence-corrected chi connectivity index (χ0v) is 15.3. The van der Waals surface area contributed by atoms with Gasteiger partial charge in [0, 0.05) is 42.1 Å². The van der Waals surface area contributed by atoms with Crippen molar-refractivity contribution in [3.05, 3.63) is 77.9 Å². The Kier molecular flexibility index (Phi) is 4.90. The van der Waals surface area contributed by atoms with Crippen molar-refractivity contribution in [2.45, 2.75) is 25.4 Å². The number of imidazole rings is 1. The number of nitrogens with two attached hydrogens (primary N) is 1. The van der Waals surface area contributed by atoms with Crippen LogP contribution in [0.5, 0.6) is 0 Å². The first-order valence-corrected chi connectivity index (χ1v) is 9.18. The number of benzene rings is 2. The van der Waals surface area contributed by atoms with Gasteiger partial charge in [-0.15, -0.1) is 0 Å². The van der Waals surface area contributed by atoms with Crippen LogP contribution in [-0.2, 0) is 13.0 Å². The maximum Gasteiger partial charge on any atom is 0.275 e. The van der Waals surface area contributed by atoms with Crippen molar-refractivity contribution in [2.75, 3.05) is 10.6 Å². The van der Waals surface area contributed by atoms with Gasteiger partial charge in [0.2, 0.25) is 0 Å². The molecule has 142 valence electrons. The summed E-state index contributed by atoms with van der Waals surface area (Å²) >= 11 is 0. The Bertz CT molecular complexity index is 995. The van der Waals surface area contributed by atoms with Crippen molar-refractivity contribution in [3.63, 3.8) is 0 Å². The van der Waals surface area contributed by atoms with E-state index in [4.69, 9.17) is 5.73 Å². The molecule has 4 N–H and O–H groups in total. The van der Waals surface area contributed by atoms with Gasteiger partial charge in [-0.25, -0.2) is 4.98 Å². The fourth-order valence-electron chi connectivity index (χ4n) is 3.20. The molecule has 0 radical (unpaired) electrons. The van der Waals surface area contributed by atoms with E-state index in [1.54, 1.807) is 30.5 Å². The van der Waals surface area contributed by atoms with Crippen molar-refractivity contribution in [1.82, 2.24) is 9.55 Å². The van der Waals surface area contributed by atoms with Crippen LogP contribution >= 0.6 is 0 Å². The van der Waals surface area contributed by atoms with Crippen LogP contribution in [0.15, 0.2) is 60.8 Å². The first kappa shape index (κ1) is 17.9. The van der Waals surface area contributed by atoms with E-state index in [0.29, 0.717) is 23.5 Å². The summed E-state index contributed by atoms with van der Waals surface area (Å²) in [5.41, 5.74) is 8.17. The lowest BCUT2D eigenvalue weighted by molar-refractivity contribution is 0.101. The summed E-state index contributed by atoms with van der Waals surface area (Å²) in [6, 6.07) is 16.1. The normalized spacial score (nSPS) is 15.5. The summed E-state index contributed by atoms with van der Waals surface area (Å²) in [5.74, 6) is 0.402. The van der Waals surface area contributed by atoms with Gasteiger partial charge in [-0.1, -0.05) is 18.2 Å². The first-order chi connectivity index (χ1) is 13.6. The highest BCUT2D eigenvalue weighted by Gasteiger charge is 2.20. The van der Waals surface area contributed by atoms with Gasteiger partial charge in [0.05, 0.1) is 0 Å². The molecule has 3 aromatic rings. The number of aryl methyl sites for hydroxylation is 1. The fraction of sp³-hybridized carbons (Fsp3) is 0.190. The molecule has 2 amide bonds. The largest absolute Gasteiger partial charge is 0.333 e. The molecule has 2 heterocycles. The zero-order chi connectivity index (χ0) is 19.5. The second-order valence-electron chi connectivity index (χ2n) is 6.85. The average molecular weight is 375 g/mol. The molecule has 1 unspecified atom stereocenters. The van der Waals surface area contributed by atoms with Crippen LogP contribution in [0.2, 0.25) is 0 Å². The van der Waals surface area contributed by atoms with E-state index in [2.05, 4.69) is 15.6 Å². The van der Waals surface area contributed by atoms with E-state index in [-0.39, 0.29) is 17.9 Å². The van der Waals surface area contributed by atoms with Gasteiger partial charge in [0.15, 0.2) is 0 Å². The number of carbonyl (C=O) groups is 2. The zero-order valence-electron chi connectivity index (χ0n) is 15.3. The standard InChI is InChI=1S/C21H21N5O2/c22-15-8-11-19-25-18(13-26(19)12-15)21(28)24-17-9-6-14(7-10-17)20(27)23-16-4-2-1-3-5-16/h1-7,9-10,13,15H,8,11-12,22H2,(H,23,27)(H,24,28). The Morgan fingerprint density at radius 3 is 2.39 bits per heavy atom. The molecule has 1 aliphatic heterocycles. The number of anilines is 2. The number of hydrogen-bond donors (Lipinski definition) is 3. The molecular weight excluding hydrogens is 354 g/mol. The summed E-state index contributed by atoms with van der Waals surface area (Å²) in [4.78, 5) is 29.2. The molecule has 1 aliphatic rings. The van der Waals surface area contributed by atoms with E-state index in [0.717, 1.165) is 24.4 Å². The van der Waals surface area contributed by atoms with Gasteiger partial charge in [0.1, 0.15) is 11.5 Å². The second kappa shape index (κ2) is 7.66. The number of hydrogen-bond acceptors (Lipinski definition) is 4. The van der Waals surface area contributed by atoms with E-state index in [9.17, 15) is 9.59 Å².